The van der Waals surface area contributed by atoms with E-state index in [0.29, 0.717) is 5.56 Å². The second-order valence-corrected chi connectivity index (χ2v) is 6.12. The molecule has 1 aromatic heterocycles. The molecular formula is C18H20N2O3. The standard InChI is InChI=1S/C18H20N2O3/c21-16(19-12-18(23)9-3-4-10-18)8-7-14-11-13-5-1-2-6-15(13)20-17(14)22/h1-2,5-8,11,23H,3-4,9-10,12H2,(H,19,21)(H,20,22)/b8-7+. The average Bonchev–Trinajstić information content (AvgIpc) is 2.98. The molecule has 0 bridgehead atoms. The van der Waals surface area contributed by atoms with Gasteiger partial charge >= 0.3 is 0 Å². The first kappa shape index (κ1) is 15.5. The number of para-hydroxylation sites is 1. The summed E-state index contributed by atoms with van der Waals surface area (Å²) in [4.78, 5) is 26.6. The van der Waals surface area contributed by atoms with E-state index in [0.717, 1.165) is 36.6 Å². The number of hydrogen-bond donors (Lipinski definition) is 3. The molecule has 0 saturated heterocycles. The highest BCUT2D eigenvalue weighted by Crippen LogP contribution is 2.28. The summed E-state index contributed by atoms with van der Waals surface area (Å²) in [6, 6.07) is 9.23. The fourth-order valence-corrected chi connectivity index (χ4v) is 2.97. The van der Waals surface area contributed by atoms with Crippen LogP contribution in [0, 0.1) is 0 Å². The van der Waals surface area contributed by atoms with Gasteiger partial charge in [-0.15, -0.1) is 0 Å². The van der Waals surface area contributed by atoms with Crippen molar-refractivity contribution in [2.45, 2.75) is 31.3 Å². The van der Waals surface area contributed by atoms with Crippen LogP contribution in [0.5, 0.6) is 0 Å². The number of H-pyrrole nitrogens is 1. The highest BCUT2D eigenvalue weighted by molar-refractivity contribution is 5.92. The number of aromatic nitrogens is 1. The molecular weight excluding hydrogens is 292 g/mol. The molecule has 3 N–H and O–H groups in total. The topological polar surface area (TPSA) is 82.2 Å². The minimum Gasteiger partial charge on any atom is -0.388 e. The van der Waals surface area contributed by atoms with Crippen LogP contribution >= 0.6 is 0 Å². The zero-order valence-electron chi connectivity index (χ0n) is 12.8. The summed E-state index contributed by atoms with van der Waals surface area (Å²) < 4.78 is 0. The van der Waals surface area contributed by atoms with Crippen molar-refractivity contribution in [1.29, 1.82) is 0 Å². The molecule has 0 spiro atoms. The van der Waals surface area contributed by atoms with Crippen LogP contribution in [0.15, 0.2) is 41.2 Å². The Morgan fingerprint density at radius 3 is 2.83 bits per heavy atom. The molecule has 120 valence electrons. The Balaban J connectivity index is 1.68. The minimum absolute atomic E-state index is 0.234. The second kappa shape index (κ2) is 6.38. The van der Waals surface area contributed by atoms with Crippen molar-refractivity contribution in [2.75, 3.05) is 6.54 Å². The molecule has 23 heavy (non-hydrogen) atoms. The number of fused-ring (bicyclic) bond motifs is 1. The van der Waals surface area contributed by atoms with Gasteiger partial charge in [0.05, 0.1) is 5.60 Å². The van der Waals surface area contributed by atoms with Crippen LogP contribution in [0.3, 0.4) is 0 Å². The molecule has 5 heteroatoms. The van der Waals surface area contributed by atoms with Crippen LogP contribution in [-0.2, 0) is 4.79 Å². The van der Waals surface area contributed by atoms with Crippen molar-refractivity contribution in [3.63, 3.8) is 0 Å². The van der Waals surface area contributed by atoms with Crippen LogP contribution in [0.2, 0.25) is 0 Å². The van der Waals surface area contributed by atoms with E-state index in [1.807, 2.05) is 24.3 Å². The normalized spacial score (nSPS) is 16.9. The Morgan fingerprint density at radius 1 is 1.30 bits per heavy atom. The monoisotopic (exact) mass is 312 g/mol. The van der Waals surface area contributed by atoms with Crippen LogP contribution in [0.4, 0.5) is 0 Å². The minimum atomic E-state index is -0.774. The van der Waals surface area contributed by atoms with Gasteiger partial charge in [-0.3, -0.25) is 9.59 Å². The van der Waals surface area contributed by atoms with Crippen molar-refractivity contribution in [1.82, 2.24) is 10.3 Å². The first-order valence-electron chi connectivity index (χ1n) is 7.86. The molecule has 1 aliphatic rings. The van der Waals surface area contributed by atoms with Crippen LogP contribution in [0.1, 0.15) is 31.2 Å². The Kier molecular flexibility index (Phi) is 4.30. The van der Waals surface area contributed by atoms with Gasteiger partial charge in [-0.25, -0.2) is 0 Å². The maximum atomic E-state index is 12.0. The van der Waals surface area contributed by atoms with E-state index in [9.17, 15) is 14.7 Å². The third-order valence-corrected chi connectivity index (χ3v) is 4.32. The van der Waals surface area contributed by atoms with Gasteiger partial charge in [-0.05, 0) is 36.4 Å². The van der Waals surface area contributed by atoms with Gasteiger partial charge in [-0.1, -0.05) is 31.0 Å². The van der Waals surface area contributed by atoms with E-state index in [1.54, 1.807) is 6.07 Å². The van der Waals surface area contributed by atoms with Gasteiger partial charge < -0.3 is 15.4 Å². The fourth-order valence-electron chi connectivity index (χ4n) is 2.97. The lowest BCUT2D eigenvalue weighted by molar-refractivity contribution is -0.117. The molecule has 0 radical (unpaired) electrons. The number of nitrogens with one attached hydrogen (secondary N) is 2. The number of hydrogen-bond acceptors (Lipinski definition) is 3. The summed E-state index contributed by atoms with van der Waals surface area (Å²) in [5, 5.41) is 13.8. The zero-order chi connectivity index (χ0) is 16.3. The third kappa shape index (κ3) is 3.68. The lowest BCUT2D eigenvalue weighted by Gasteiger charge is -2.21. The Labute approximate surface area is 134 Å². The van der Waals surface area contributed by atoms with Crippen LogP contribution in [0.25, 0.3) is 17.0 Å². The summed E-state index contributed by atoms with van der Waals surface area (Å²) in [7, 11) is 0. The predicted octanol–water partition coefficient (Wildman–Crippen LogP) is 1.96. The van der Waals surface area contributed by atoms with Crippen molar-refractivity contribution < 1.29 is 9.90 Å². The van der Waals surface area contributed by atoms with Gasteiger partial charge in [0.25, 0.3) is 5.56 Å². The van der Waals surface area contributed by atoms with Gasteiger partial charge in [0.2, 0.25) is 5.91 Å². The fraction of sp³-hybridized carbons (Fsp3) is 0.333. The number of carbonyl (C=O) groups is 1. The third-order valence-electron chi connectivity index (χ3n) is 4.32. The predicted molar refractivity (Wildman–Crippen MR) is 90.0 cm³/mol. The van der Waals surface area contributed by atoms with Crippen molar-refractivity contribution in [3.8, 4) is 0 Å². The highest BCUT2D eigenvalue weighted by Gasteiger charge is 2.30. The Hall–Kier alpha value is -2.40. The summed E-state index contributed by atoms with van der Waals surface area (Å²) >= 11 is 0. The molecule has 1 fully saturated rings. The number of rotatable bonds is 4. The molecule has 5 nitrogen and oxygen atoms in total. The number of pyridine rings is 1. The number of aromatic amines is 1. The number of aliphatic hydroxyl groups is 1. The second-order valence-electron chi connectivity index (χ2n) is 6.12. The Bertz CT molecular complexity index is 801. The average molecular weight is 312 g/mol. The highest BCUT2D eigenvalue weighted by atomic mass is 16.3. The summed E-state index contributed by atoms with van der Waals surface area (Å²) in [6.45, 7) is 0.254. The Morgan fingerprint density at radius 2 is 2.04 bits per heavy atom. The zero-order valence-corrected chi connectivity index (χ0v) is 12.8. The lowest BCUT2D eigenvalue weighted by Crippen LogP contribution is -2.40. The summed E-state index contributed by atoms with van der Waals surface area (Å²) in [5.41, 5.74) is 0.187. The molecule has 2 aromatic rings. The summed E-state index contributed by atoms with van der Waals surface area (Å²) in [6.07, 6.45) is 6.27. The molecule has 3 rings (SSSR count). The first-order chi connectivity index (χ1) is 11.1. The molecule has 0 atom stereocenters. The molecule has 1 saturated carbocycles. The number of amides is 1. The quantitative estimate of drug-likeness (QED) is 0.755. The van der Waals surface area contributed by atoms with Gasteiger partial charge in [0.1, 0.15) is 0 Å². The molecule has 0 aliphatic heterocycles. The number of benzene rings is 1. The molecule has 1 aliphatic carbocycles. The molecule has 1 aromatic carbocycles. The van der Waals surface area contributed by atoms with Gasteiger partial charge in [-0.2, -0.15) is 0 Å². The SMILES string of the molecule is O=C(/C=C/c1cc2ccccc2[nH]c1=O)NCC1(O)CCCC1. The van der Waals surface area contributed by atoms with E-state index < -0.39 is 5.60 Å². The van der Waals surface area contributed by atoms with E-state index in [1.165, 1.54) is 12.2 Å². The molecule has 1 amide bonds. The smallest absolute Gasteiger partial charge is 0.255 e. The lowest BCUT2D eigenvalue weighted by atomic mass is 10.0. The van der Waals surface area contributed by atoms with E-state index >= 15 is 0 Å². The maximum Gasteiger partial charge on any atom is 0.255 e. The van der Waals surface area contributed by atoms with Crippen LogP contribution in [-0.4, -0.2) is 28.1 Å². The van der Waals surface area contributed by atoms with Crippen molar-refractivity contribution >= 4 is 22.9 Å². The molecule has 0 unspecified atom stereocenters. The van der Waals surface area contributed by atoms with E-state index in [2.05, 4.69) is 10.3 Å². The largest absolute Gasteiger partial charge is 0.388 e. The van der Waals surface area contributed by atoms with Crippen molar-refractivity contribution in [3.05, 3.63) is 52.3 Å². The van der Waals surface area contributed by atoms with Crippen molar-refractivity contribution in [2.24, 2.45) is 0 Å². The van der Waals surface area contributed by atoms with Gasteiger partial charge in [0, 0.05) is 23.7 Å². The van der Waals surface area contributed by atoms with E-state index in [4.69, 9.17) is 0 Å². The maximum absolute atomic E-state index is 12.0. The molecule has 1 heterocycles. The van der Waals surface area contributed by atoms with Crippen LogP contribution < -0.4 is 10.9 Å². The summed E-state index contributed by atoms with van der Waals surface area (Å²) in [5.74, 6) is -0.308. The van der Waals surface area contributed by atoms with E-state index in [-0.39, 0.29) is 18.0 Å². The first-order valence-corrected chi connectivity index (χ1v) is 7.86. The number of carbonyl (C=O) groups excluding carboxylic acids is 1. The van der Waals surface area contributed by atoms with Gasteiger partial charge in [0.15, 0.2) is 0 Å².